The van der Waals surface area contributed by atoms with Gasteiger partial charge in [0.2, 0.25) is 11.8 Å². The van der Waals surface area contributed by atoms with E-state index >= 15 is 0 Å². The standard InChI is InChI=1S/C22H25N3O2/c1-15(2)18-8-6-17(7-9-18)13-23-24-22(27)19-12-21(26)25(14-19)20-10-4-16(3)5-11-20/h4-11,13,15,19H,12,14H2,1-3H3,(H,24,27)/b23-13+/t19-/m0/s1. The van der Waals surface area contributed by atoms with Gasteiger partial charge >= 0.3 is 0 Å². The average molecular weight is 363 g/mol. The van der Waals surface area contributed by atoms with Gasteiger partial charge in [-0.25, -0.2) is 5.43 Å². The fourth-order valence-corrected chi connectivity index (χ4v) is 3.09. The van der Waals surface area contributed by atoms with E-state index in [4.69, 9.17) is 0 Å². The van der Waals surface area contributed by atoms with Crippen molar-refractivity contribution in [2.45, 2.75) is 33.1 Å². The van der Waals surface area contributed by atoms with Gasteiger partial charge in [-0.3, -0.25) is 9.59 Å². The Morgan fingerprint density at radius 1 is 1.15 bits per heavy atom. The molecule has 5 heteroatoms. The summed E-state index contributed by atoms with van der Waals surface area (Å²) in [7, 11) is 0. The summed E-state index contributed by atoms with van der Waals surface area (Å²) in [5.41, 5.74) is 6.71. The van der Waals surface area contributed by atoms with Crippen LogP contribution in [0.15, 0.2) is 53.6 Å². The lowest BCUT2D eigenvalue weighted by Gasteiger charge is -2.16. The van der Waals surface area contributed by atoms with E-state index in [2.05, 4.69) is 36.5 Å². The Kier molecular flexibility index (Phi) is 5.69. The second kappa shape index (κ2) is 8.16. The van der Waals surface area contributed by atoms with Crippen LogP contribution in [-0.4, -0.2) is 24.6 Å². The predicted octanol–water partition coefficient (Wildman–Crippen LogP) is 3.62. The van der Waals surface area contributed by atoms with Gasteiger partial charge in [-0.05, 0) is 36.1 Å². The van der Waals surface area contributed by atoms with Gasteiger partial charge in [0.25, 0.3) is 0 Å². The van der Waals surface area contributed by atoms with Crippen molar-refractivity contribution in [2.75, 3.05) is 11.4 Å². The molecule has 0 aliphatic carbocycles. The van der Waals surface area contributed by atoms with Crippen LogP contribution in [0, 0.1) is 12.8 Å². The normalized spacial score (nSPS) is 17.1. The molecule has 1 fully saturated rings. The number of hydrazone groups is 1. The number of carbonyl (C=O) groups excluding carboxylic acids is 2. The lowest BCUT2D eigenvalue weighted by atomic mass is 10.0. The summed E-state index contributed by atoms with van der Waals surface area (Å²) < 4.78 is 0. The van der Waals surface area contributed by atoms with Crippen molar-refractivity contribution in [1.29, 1.82) is 0 Å². The summed E-state index contributed by atoms with van der Waals surface area (Å²) in [5.74, 6) is -0.174. The van der Waals surface area contributed by atoms with Crippen LogP contribution < -0.4 is 10.3 Å². The highest BCUT2D eigenvalue weighted by Gasteiger charge is 2.35. The van der Waals surface area contributed by atoms with Gasteiger partial charge in [-0.1, -0.05) is 55.8 Å². The third-order valence-corrected chi connectivity index (χ3v) is 4.83. The molecule has 5 nitrogen and oxygen atoms in total. The molecule has 2 amide bonds. The highest BCUT2D eigenvalue weighted by molar-refractivity contribution is 6.00. The number of benzene rings is 2. The molecule has 0 unspecified atom stereocenters. The van der Waals surface area contributed by atoms with Crippen molar-refractivity contribution in [3.8, 4) is 0 Å². The van der Waals surface area contributed by atoms with Crippen LogP contribution in [0.4, 0.5) is 5.69 Å². The summed E-state index contributed by atoms with van der Waals surface area (Å²) in [6, 6.07) is 15.8. The van der Waals surface area contributed by atoms with Crippen LogP contribution in [0.2, 0.25) is 0 Å². The molecule has 0 spiro atoms. The number of hydrogen-bond donors (Lipinski definition) is 1. The van der Waals surface area contributed by atoms with E-state index in [-0.39, 0.29) is 24.2 Å². The summed E-state index contributed by atoms with van der Waals surface area (Å²) in [4.78, 5) is 26.3. The minimum Gasteiger partial charge on any atom is -0.312 e. The number of aryl methyl sites for hydroxylation is 1. The Balaban J connectivity index is 1.57. The van der Waals surface area contributed by atoms with E-state index in [1.165, 1.54) is 5.56 Å². The van der Waals surface area contributed by atoms with Gasteiger partial charge in [-0.15, -0.1) is 0 Å². The molecule has 1 heterocycles. The fourth-order valence-electron chi connectivity index (χ4n) is 3.09. The maximum absolute atomic E-state index is 12.4. The van der Waals surface area contributed by atoms with E-state index in [0.29, 0.717) is 12.5 Å². The molecule has 1 aliphatic rings. The van der Waals surface area contributed by atoms with Crippen LogP contribution in [0.25, 0.3) is 0 Å². The Labute approximate surface area is 160 Å². The van der Waals surface area contributed by atoms with E-state index in [0.717, 1.165) is 16.8 Å². The highest BCUT2D eigenvalue weighted by Crippen LogP contribution is 2.25. The summed E-state index contributed by atoms with van der Waals surface area (Å²) in [5, 5.41) is 4.04. The summed E-state index contributed by atoms with van der Waals surface area (Å²) >= 11 is 0. The van der Waals surface area contributed by atoms with Crippen molar-refractivity contribution in [3.63, 3.8) is 0 Å². The summed E-state index contributed by atoms with van der Waals surface area (Å²) in [6.07, 6.45) is 1.83. The molecular formula is C22H25N3O2. The number of carbonyl (C=O) groups is 2. The molecule has 1 aliphatic heterocycles. The minimum atomic E-state index is -0.390. The topological polar surface area (TPSA) is 61.8 Å². The molecular weight excluding hydrogens is 338 g/mol. The molecule has 2 aromatic carbocycles. The number of nitrogens with zero attached hydrogens (tertiary/aromatic N) is 2. The molecule has 1 N–H and O–H groups in total. The molecule has 0 bridgehead atoms. The zero-order chi connectivity index (χ0) is 19.4. The quantitative estimate of drug-likeness (QED) is 0.651. The van der Waals surface area contributed by atoms with Crippen molar-refractivity contribution >= 4 is 23.7 Å². The van der Waals surface area contributed by atoms with Gasteiger partial charge in [0.1, 0.15) is 0 Å². The highest BCUT2D eigenvalue weighted by atomic mass is 16.2. The van der Waals surface area contributed by atoms with Gasteiger partial charge < -0.3 is 4.90 Å². The van der Waals surface area contributed by atoms with E-state index in [1.54, 1.807) is 11.1 Å². The smallest absolute Gasteiger partial charge is 0.245 e. The van der Waals surface area contributed by atoms with Gasteiger partial charge in [0.05, 0.1) is 12.1 Å². The molecule has 1 atom stereocenters. The lowest BCUT2D eigenvalue weighted by molar-refractivity contribution is -0.126. The zero-order valence-corrected chi connectivity index (χ0v) is 16.0. The predicted molar refractivity (Wildman–Crippen MR) is 108 cm³/mol. The Morgan fingerprint density at radius 2 is 1.81 bits per heavy atom. The number of rotatable bonds is 5. The van der Waals surface area contributed by atoms with Crippen LogP contribution in [0.1, 0.15) is 42.9 Å². The van der Waals surface area contributed by atoms with Gasteiger partial charge in [0.15, 0.2) is 0 Å². The van der Waals surface area contributed by atoms with Crippen LogP contribution in [0.5, 0.6) is 0 Å². The van der Waals surface area contributed by atoms with Crippen molar-refractivity contribution < 1.29 is 9.59 Å². The van der Waals surface area contributed by atoms with Crippen molar-refractivity contribution in [3.05, 3.63) is 65.2 Å². The molecule has 0 aromatic heterocycles. The van der Waals surface area contributed by atoms with Crippen LogP contribution in [0.3, 0.4) is 0 Å². The van der Waals surface area contributed by atoms with E-state index in [9.17, 15) is 9.59 Å². The Bertz CT molecular complexity index is 839. The van der Waals surface area contributed by atoms with E-state index < -0.39 is 0 Å². The van der Waals surface area contributed by atoms with Crippen molar-refractivity contribution in [2.24, 2.45) is 11.0 Å². The first-order valence-corrected chi connectivity index (χ1v) is 9.24. The maximum Gasteiger partial charge on any atom is 0.245 e. The second-order valence-electron chi connectivity index (χ2n) is 7.30. The van der Waals surface area contributed by atoms with Crippen LogP contribution >= 0.6 is 0 Å². The number of anilines is 1. The second-order valence-corrected chi connectivity index (χ2v) is 7.30. The molecule has 3 rings (SSSR count). The van der Waals surface area contributed by atoms with E-state index in [1.807, 2.05) is 43.3 Å². The molecule has 140 valence electrons. The van der Waals surface area contributed by atoms with Gasteiger partial charge in [0, 0.05) is 18.7 Å². The monoisotopic (exact) mass is 363 g/mol. The number of nitrogens with one attached hydrogen (secondary N) is 1. The Morgan fingerprint density at radius 3 is 2.44 bits per heavy atom. The third-order valence-electron chi connectivity index (χ3n) is 4.83. The Hall–Kier alpha value is -2.95. The maximum atomic E-state index is 12.4. The first-order valence-electron chi connectivity index (χ1n) is 9.24. The van der Waals surface area contributed by atoms with Gasteiger partial charge in [-0.2, -0.15) is 5.10 Å². The largest absolute Gasteiger partial charge is 0.312 e. The lowest BCUT2D eigenvalue weighted by Crippen LogP contribution is -2.30. The average Bonchev–Trinajstić information content (AvgIpc) is 3.04. The SMILES string of the molecule is Cc1ccc(N2C[C@@H](C(=O)N/N=C/c3ccc(C(C)C)cc3)CC2=O)cc1. The number of hydrogen-bond acceptors (Lipinski definition) is 3. The first-order chi connectivity index (χ1) is 12.9. The summed E-state index contributed by atoms with van der Waals surface area (Å²) in [6.45, 7) is 6.67. The zero-order valence-electron chi connectivity index (χ0n) is 16.0. The minimum absolute atomic E-state index is 0.0349. The molecule has 0 radical (unpaired) electrons. The molecule has 1 saturated heterocycles. The van der Waals surface area contributed by atoms with Crippen LogP contribution in [-0.2, 0) is 9.59 Å². The third kappa shape index (κ3) is 4.61. The molecule has 2 aromatic rings. The molecule has 27 heavy (non-hydrogen) atoms. The first kappa shape index (κ1) is 18.8. The van der Waals surface area contributed by atoms with Crippen molar-refractivity contribution in [1.82, 2.24) is 5.43 Å². The fraction of sp³-hybridized carbons (Fsp3) is 0.318. The number of amides is 2. The molecule has 0 saturated carbocycles.